The normalized spacial score (nSPS) is 15.3. The fraction of sp³-hybridized carbons (Fsp3) is 0.308. The molecule has 1 aromatic heterocycles. The molecule has 0 saturated carbocycles. The number of aromatic nitrogens is 1. The number of rotatable bonds is 2. The van der Waals surface area contributed by atoms with Crippen LogP contribution in [0.1, 0.15) is 12.8 Å². The Balaban J connectivity index is 1.93. The third kappa shape index (κ3) is 2.06. The lowest BCUT2D eigenvalue weighted by Gasteiger charge is -2.18. The van der Waals surface area contributed by atoms with Crippen LogP contribution in [0, 0.1) is 5.82 Å². The van der Waals surface area contributed by atoms with Crippen LogP contribution in [0.5, 0.6) is 0 Å². The predicted molar refractivity (Wildman–Crippen MR) is 73.4 cm³/mol. The van der Waals surface area contributed by atoms with Crippen molar-refractivity contribution >= 4 is 22.2 Å². The van der Waals surface area contributed by atoms with Gasteiger partial charge in [0.2, 0.25) is 0 Å². The molecule has 1 aliphatic heterocycles. The Morgan fingerprint density at radius 3 is 2.67 bits per heavy atom. The first-order chi connectivity index (χ1) is 8.74. The second kappa shape index (κ2) is 4.57. The number of nitrogens with two attached hydrogens (primary N) is 1. The minimum Gasteiger partial charge on any atom is -0.375 e. The van der Waals surface area contributed by atoms with Gasteiger partial charge in [-0.15, -0.1) is 11.3 Å². The molecule has 3 nitrogen and oxygen atoms in total. The van der Waals surface area contributed by atoms with E-state index < -0.39 is 0 Å². The highest BCUT2D eigenvalue weighted by Gasteiger charge is 2.16. The number of halogens is 1. The molecule has 1 aliphatic rings. The Hall–Kier alpha value is -1.62. The summed E-state index contributed by atoms with van der Waals surface area (Å²) in [5.41, 5.74) is 7.80. The van der Waals surface area contributed by atoms with Crippen molar-refractivity contribution in [3.63, 3.8) is 0 Å². The Bertz CT molecular complexity index is 561. The van der Waals surface area contributed by atoms with Crippen molar-refractivity contribution in [2.75, 3.05) is 23.7 Å². The van der Waals surface area contributed by atoms with Gasteiger partial charge in [0.15, 0.2) is 5.13 Å². The van der Waals surface area contributed by atoms with Crippen LogP contribution >= 0.6 is 11.3 Å². The molecule has 1 aromatic carbocycles. The van der Waals surface area contributed by atoms with Crippen LogP contribution in [-0.2, 0) is 0 Å². The Kier molecular flexibility index (Phi) is 2.91. The predicted octanol–water partition coefficient (Wildman–Crippen LogP) is 3.13. The molecule has 0 radical (unpaired) electrons. The molecule has 2 N–H and O–H groups in total. The van der Waals surface area contributed by atoms with Crippen LogP contribution in [0.3, 0.4) is 0 Å². The number of hydrogen-bond donors (Lipinski definition) is 1. The monoisotopic (exact) mass is 263 g/mol. The van der Waals surface area contributed by atoms with Crippen molar-refractivity contribution < 1.29 is 4.39 Å². The van der Waals surface area contributed by atoms with Crippen LogP contribution < -0.4 is 10.6 Å². The van der Waals surface area contributed by atoms with Gasteiger partial charge in [-0.05, 0) is 25.0 Å². The van der Waals surface area contributed by atoms with Gasteiger partial charge in [0.1, 0.15) is 5.82 Å². The van der Waals surface area contributed by atoms with E-state index in [1.165, 1.54) is 11.3 Å². The third-order valence-electron chi connectivity index (χ3n) is 3.21. The fourth-order valence-corrected chi connectivity index (χ4v) is 2.87. The van der Waals surface area contributed by atoms with Crippen LogP contribution in [0.2, 0.25) is 0 Å². The van der Waals surface area contributed by atoms with Crippen LogP contribution in [-0.4, -0.2) is 18.1 Å². The van der Waals surface area contributed by atoms with E-state index >= 15 is 0 Å². The van der Waals surface area contributed by atoms with E-state index in [1.54, 1.807) is 6.07 Å². The number of anilines is 2. The molecule has 3 rings (SSSR count). The Morgan fingerprint density at radius 2 is 2.06 bits per heavy atom. The van der Waals surface area contributed by atoms with Gasteiger partial charge in [-0.3, -0.25) is 0 Å². The minimum atomic E-state index is -0.180. The summed E-state index contributed by atoms with van der Waals surface area (Å²) in [6, 6.07) is 5.29. The topological polar surface area (TPSA) is 42.1 Å². The first-order valence-electron chi connectivity index (χ1n) is 6.00. The average Bonchev–Trinajstić information content (AvgIpc) is 2.99. The number of nitrogen functional groups attached to an aromatic ring is 1. The second-order valence-electron chi connectivity index (χ2n) is 4.43. The molecular formula is C13H14FN3S. The molecule has 18 heavy (non-hydrogen) atoms. The average molecular weight is 263 g/mol. The molecule has 0 unspecified atom stereocenters. The number of thiazole rings is 1. The van der Waals surface area contributed by atoms with Gasteiger partial charge >= 0.3 is 0 Å². The lowest BCUT2D eigenvalue weighted by atomic mass is 10.1. The van der Waals surface area contributed by atoms with E-state index in [-0.39, 0.29) is 5.82 Å². The van der Waals surface area contributed by atoms with Gasteiger partial charge in [0, 0.05) is 24.0 Å². The van der Waals surface area contributed by atoms with Gasteiger partial charge in [0.25, 0.3) is 0 Å². The molecule has 2 aromatic rings. The lowest BCUT2D eigenvalue weighted by Crippen LogP contribution is -2.18. The maximum absolute atomic E-state index is 14.1. The number of hydrogen-bond acceptors (Lipinski definition) is 4. The fourth-order valence-electron chi connectivity index (χ4n) is 2.30. The van der Waals surface area contributed by atoms with Crippen LogP contribution in [0.4, 0.5) is 15.2 Å². The molecule has 2 heterocycles. The SMILES string of the molecule is Nc1nc(-c2ccc(N3CCCC3)c(F)c2)cs1. The molecule has 0 atom stereocenters. The first kappa shape index (κ1) is 11.5. The van der Waals surface area contributed by atoms with Crippen LogP contribution in [0.25, 0.3) is 11.3 Å². The van der Waals surface area contributed by atoms with E-state index in [0.29, 0.717) is 10.8 Å². The molecule has 0 aliphatic carbocycles. The molecule has 0 amide bonds. The smallest absolute Gasteiger partial charge is 0.180 e. The number of nitrogens with zero attached hydrogens (tertiary/aromatic N) is 2. The quantitative estimate of drug-likeness (QED) is 0.905. The molecule has 1 saturated heterocycles. The third-order valence-corrected chi connectivity index (χ3v) is 3.89. The standard InChI is InChI=1S/C13H14FN3S/c14-10-7-9(11-8-18-13(15)16-11)3-4-12(10)17-5-1-2-6-17/h3-4,7-8H,1-2,5-6H2,(H2,15,16). The number of benzene rings is 1. The van der Waals surface area contributed by atoms with E-state index in [9.17, 15) is 4.39 Å². The zero-order chi connectivity index (χ0) is 12.5. The van der Waals surface area contributed by atoms with Crippen molar-refractivity contribution in [1.82, 2.24) is 4.98 Å². The largest absolute Gasteiger partial charge is 0.375 e. The molecule has 5 heteroatoms. The highest BCUT2D eigenvalue weighted by Crippen LogP contribution is 2.29. The maximum atomic E-state index is 14.1. The van der Waals surface area contributed by atoms with Crippen molar-refractivity contribution in [3.05, 3.63) is 29.4 Å². The van der Waals surface area contributed by atoms with E-state index in [0.717, 1.165) is 37.2 Å². The van der Waals surface area contributed by atoms with Crippen LogP contribution in [0.15, 0.2) is 23.6 Å². The summed E-state index contributed by atoms with van der Waals surface area (Å²) < 4.78 is 14.1. The highest BCUT2D eigenvalue weighted by molar-refractivity contribution is 7.13. The van der Waals surface area contributed by atoms with E-state index in [1.807, 2.05) is 17.5 Å². The summed E-state index contributed by atoms with van der Waals surface area (Å²) >= 11 is 1.37. The van der Waals surface area contributed by atoms with Crippen molar-refractivity contribution in [2.24, 2.45) is 0 Å². The molecule has 0 spiro atoms. The summed E-state index contributed by atoms with van der Waals surface area (Å²) in [4.78, 5) is 6.26. The summed E-state index contributed by atoms with van der Waals surface area (Å²) in [5, 5.41) is 2.36. The molecule has 94 valence electrons. The van der Waals surface area contributed by atoms with Gasteiger partial charge in [0.05, 0.1) is 11.4 Å². The molecular weight excluding hydrogens is 249 g/mol. The zero-order valence-electron chi connectivity index (χ0n) is 9.90. The Morgan fingerprint density at radius 1 is 1.28 bits per heavy atom. The van der Waals surface area contributed by atoms with Gasteiger partial charge in [-0.2, -0.15) is 0 Å². The summed E-state index contributed by atoms with van der Waals surface area (Å²) in [6.45, 7) is 1.89. The first-order valence-corrected chi connectivity index (χ1v) is 6.88. The van der Waals surface area contributed by atoms with Crippen molar-refractivity contribution in [1.29, 1.82) is 0 Å². The van der Waals surface area contributed by atoms with E-state index in [4.69, 9.17) is 5.73 Å². The summed E-state index contributed by atoms with van der Waals surface area (Å²) in [6.07, 6.45) is 2.29. The second-order valence-corrected chi connectivity index (χ2v) is 5.32. The highest BCUT2D eigenvalue weighted by atomic mass is 32.1. The minimum absolute atomic E-state index is 0.180. The summed E-state index contributed by atoms with van der Waals surface area (Å²) in [7, 11) is 0. The molecule has 0 bridgehead atoms. The van der Waals surface area contributed by atoms with Crippen molar-refractivity contribution in [2.45, 2.75) is 12.8 Å². The summed E-state index contributed by atoms with van der Waals surface area (Å²) in [5.74, 6) is -0.180. The van der Waals surface area contributed by atoms with Gasteiger partial charge in [-0.1, -0.05) is 6.07 Å². The lowest BCUT2D eigenvalue weighted by molar-refractivity contribution is 0.623. The van der Waals surface area contributed by atoms with Gasteiger partial charge in [-0.25, -0.2) is 9.37 Å². The maximum Gasteiger partial charge on any atom is 0.180 e. The Labute approximate surface area is 109 Å². The zero-order valence-corrected chi connectivity index (χ0v) is 10.7. The molecule has 1 fully saturated rings. The van der Waals surface area contributed by atoms with Crippen molar-refractivity contribution in [3.8, 4) is 11.3 Å². The van der Waals surface area contributed by atoms with E-state index in [2.05, 4.69) is 9.88 Å². The van der Waals surface area contributed by atoms with Gasteiger partial charge < -0.3 is 10.6 Å².